The van der Waals surface area contributed by atoms with E-state index in [0.717, 1.165) is 12.8 Å². The molecule has 0 aliphatic rings. The first kappa shape index (κ1) is 10.5. The standard InChI is InChI=1S/C10H13ClFN/c11-7-3-6-10(13)8-4-1-2-5-9(8)12/h1-2,4-5,10H,3,6-7,13H2. The van der Waals surface area contributed by atoms with Gasteiger partial charge in [0.05, 0.1) is 0 Å². The van der Waals surface area contributed by atoms with E-state index in [1.54, 1.807) is 18.2 Å². The fourth-order valence-electron chi connectivity index (χ4n) is 1.23. The number of rotatable bonds is 4. The second-order valence-electron chi connectivity index (χ2n) is 2.96. The quantitative estimate of drug-likeness (QED) is 0.745. The highest BCUT2D eigenvalue weighted by Gasteiger charge is 2.09. The maximum absolute atomic E-state index is 13.2. The summed E-state index contributed by atoms with van der Waals surface area (Å²) >= 11 is 5.52. The molecule has 1 unspecified atom stereocenters. The molecule has 72 valence electrons. The Kier molecular flexibility index (Phi) is 4.19. The van der Waals surface area contributed by atoms with Crippen LogP contribution in [0.3, 0.4) is 0 Å². The third-order valence-corrected chi connectivity index (χ3v) is 2.22. The number of nitrogens with two attached hydrogens (primary N) is 1. The van der Waals surface area contributed by atoms with Gasteiger partial charge in [0.15, 0.2) is 0 Å². The van der Waals surface area contributed by atoms with Crippen molar-refractivity contribution in [2.75, 3.05) is 5.88 Å². The van der Waals surface area contributed by atoms with Crippen LogP contribution >= 0.6 is 11.6 Å². The summed E-state index contributed by atoms with van der Waals surface area (Å²) in [6.07, 6.45) is 1.54. The van der Waals surface area contributed by atoms with Crippen LogP contribution in [0.5, 0.6) is 0 Å². The van der Waals surface area contributed by atoms with E-state index in [9.17, 15) is 4.39 Å². The molecule has 1 aromatic carbocycles. The van der Waals surface area contributed by atoms with Crippen molar-refractivity contribution in [3.63, 3.8) is 0 Å². The fraction of sp³-hybridized carbons (Fsp3) is 0.400. The van der Waals surface area contributed by atoms with Crippen LogP contribution in [0.25, 0.3) is 0 Å². The van der Waals surface area contributed by atoms with Gasteiger partial charge in [0, 0.05) is 17.5 Å². The number of alkyl halides is 1. The van der Waals surface area contributed by atoms with Crippen LogP contribution in [-0.2, 0) is 0 Å². The molecule has 1 aromatic rings. The van der Waals surface area contributed by atoms with Gasteiger partial charge in [0.25, 0.3) is 0 Å². The van der Waals surface area contributed by atoms with E-state index < -0.39 is 0 Å². The van der Waals surface area contributed by atoms with Crippen molar-refractivity contribution in [3.8, 4) is 0 Å². The van der Waals surface area contributed by atoms with Gasteiger partial charge >= 0.3 is 0 Å². The van der Waals surface area contributed by atoms with Crippen LogP contribution in [0.1, 0.15) is 24.4 Å². The van der Waals surface area contributed by atoms with Crippen molar-refractivity contribution >= 4 is 11.6 Å². The van der Waals surface area contributed by atoms with Crippen LogP contribution in [0.2, 0.25) is 0 Å². The molecule has 0 radical (unpaired) electrons. The molecule has 2 N–H and O–H groups in total. The molecule has 0 spiro atoms. The fourth-order valence-corrected chi connectivity index (χ4v) is 1.38. The Balaban J connectivity index is 2.65. The molecular formula is C10H13ClFN. The Morgan fingerprint density at radius 1 is 1.38 bits per heavy atom. The molecule has 13 heavy (non-hydrogen) atoms. The molecule has 0 heterocycles. The predicted octanol–water partition coefficient (Wildman–Crippen LogP) is 2.84. The second kappa shape index (κ2) is 5.20. The van der Waals surface area contributed by atoms with E-state index in [1.165, 1.54) is 6.07 Å². The smallest absolute Gasteiger partial charge is 0.127 e. The average molecular weight is 202 g/mol. The molecule has 0 saturated carbocycles. The highest BCUT2D eigenvalue weighted by Crippen LogP contribution is 2.18. The van der Waals surface area contributed by atoms with Crippen molar-refractivity contribution in [1.82, 2.24) is 0 Å². The predicted molar refractivity (Wildman–Crippen MR) is 53.3 cm³/mol. The van der Waals surface area contributed by atoms with Gasteiger partial charge in [-0.3, -0.25) is 0 Å². The molecule has 0 fully saturated rings. The number of hydrogen-bond donors (Lipinski definition) is 1. The molecule has 0 aliphatic heterocycles. The average Bonchev–Trinajstić information content (AvgIpc) is 2.15. The zero-order chi connectivity index (χ0) is 9.68. The number of halogens is 2. The zero-order valence-corrected chi connectivity index (χ0v) is 8.10. The molecule has 3 heteroatoms. The molecule has 1 nitrogen and oxygen atoms in total. The zero-order valence-electron chi connectivity index (χ0n) is 7.34. The monoisotopic (exact) mass is 201 g/mol. The Morgan fingerprint density at radius 2 is 2.08 bits per heavy atom. The minimum atomic E-state index is -0.236. The van der Waals surface area contributed by atoms with Crippen LogP contribution in [0, 0.1) is 5.82 Å². The van der Waals surface area contributed by atoms with Gasteiger partial charge < -0.3 is 5.73 Å². The third kappa shape index (κ3) is 2.98. The summed E-state index contributed by atoms with van der Waals surface area (Å²) in [7, 11) is 0. The lowest BCUT2D eigenvalue weighted by Crippen LogP contribution is -2.12. The lowest BCUT2D eigenvalue weighted by molar-refractivity contribution is 0.560. The minimum absolute atomic E-state index is 0.232. The summed E-state index contributed by atoms with van der Waals surface area (Å²) < 4.78 is 13.2. The Bertz CT molecular complexity index is 265. The summed E-state index contributed by atoms with van der Waals surface area (Å²) in [5.41, 5.74) is 6.36. The minimum Gasteiger partial charge on any atom is -0.324 e. The highest BCUT2D eigenvalue weighted by atomic mass is 35.5. The van der Waals surface area contributed by atoms with Crippen LogP contribution in [0.15, 0.2) is 24.3 Å². The molecule has 1 rings (SSSR count). The molecule has 0 bridgehead atoms. The van der Waals surface area contributed by atoms with Gasteiger partial charge in [0.1, 0.15) is 5.82 Å². The Morgan fingerprint density at radius 3 is 2.69 bits per heavy atom. The summed E-state index contributed by atoms with van der Waals surface area (Å²) in [5, 5.41) is 0. The SMILES string of the molecule is NC(CCCCl)c1ccccc1F. The van der Waals surface area contributed by atoms with E-state index >= 15 is 0 Å². The topological polar surface area (TPSA) is 26.0 Å². The van der Waals surface area contributed by atoms with Gasteiger partial charge in [0.2, 0.25) is 0 Å². The lowest BCUT2D eigenvalue weighted by atomic mass is 10.0. The van der Waals surface area contributed by atoms with Gasteiger partial charge in [-0.1, -0.05) is 18.2 Å². The van der Waals surface area contributed by atoms with E-state index in [4.69, 9.17) is 17.3 Å². The van der Waals surface area contributed by atoms with E-state index in [0.29, 0.717) is 11.4 Å². The molecular weight excluding hydrogens is 189 g/mol. The van der Waals surface area contributed by atoms with E-state index in [-0.39, 0.29) is 11.9 Å². The van der Waals surface area contributed by atoms with Gasteiger partial charge in [-0.15, -0.1) is 11.6 Å². The molecule has 0 saturated heterocycles. The van der Waals surface area contributed by atoms with E-state index in [1.807, 2.05) is 0 Å². The molecule has 0 amide bonds. The largest absolute Gasteiger partial charge is 0.324 e. The van der Waals surface area contributed by atoms with Gasteiger partial charge in [-0.05, 0) is 18.9 Å². The van der Waals surface area contributed by atoms with Gasteiger partial charge in [-0.25, -0.2) is 4.39 Å². The van der Waals surface area contributed by atoms with Crippen molar-refractivity contribution in [2.24, 2.45) is 5.73 Å². The van der Waals surface area contributed by atoms with Crippen molar-refractivity contribution in [1.29, 1.82) is 0 Å². The normalized spacial score (nSPS) is 12.8. The highest BCUT2D eigenvalue weighted by molar-refractivity contribution is 6.17. The Labute approximate surface area is 82.7 Å². The van der Waals surface area contributed by atoms with Crippen LogP contribution in [-0.4, -0.2) is 5.88 Å². The second-order valence-corrected chi connectivity index (χ2v) is 3.34. The molecule has 0 aromatic heterocycles. The lowest BCUT2D eigenvalue weighted by Gasteiger charge is -2.11. The first-order valence-electron chi connectivity index (χ1n) is 4.31. The van der Waals surface area contributed by atoms with Crippen molar-refractivity contribution in [3.05, 3.63) is 35.6 Å². The first-order chi connectivity index (χ1) is 6.25. The maximum Gasteiger partial charge on any atom is 0.127 e. The van der Waals surface area contributed by atoms with Crippen LogP contribution < -0.4 is 5.73 Å². The number of benzene rings is 1. The summed E-state index contributed by atoms with van der Waals surface area (Å²) in [5.74, 6) is 0.340. The summed E-state index contributed by atoms with van der Waals surface area (Å²) in [4.78, 5) is 0. The van der Waals surface area contributed by atoms with E-state index in [2.05, 4.69) is 0 Å². The number of hydrogen-bond acceptors (Lipinski definition) is 1. The summed E-state index contributed by atoms with van der Waals surface area (Å²) in [6.45, 7) is 0. The van der Waals surface area contributed by atoms with Crippen molar-refractivity contribution in [2.45, 2.75) is 18.9 Å². The molecule has 1 atom stereocenters. The summed E-state index contributed by atoms with van der Waals surface area (Å²) in [6, 6.07) is 6.36. The maximum atomic E-state index is 13.2. The molecule has 0 aliphatic carbocycles. The van der Waals surface area contributed by atoms with Crippen LogP contribution in [0.4, 0.5) is 4.39 Å². The third-order valence-electron chi connectivity index (χ3n) is 1.95. The van der Waals surface area contributed by atoms with Gasteiger partial charge in [-0.2, -0.15) is 0 Å². The first-order valence-corrected chi connectivity index (χ1v) is 4.85. The van der Waals surface area contributed by atoms with Crippen molar-refractivity contribution < 1.29 is 4.39 Å². The Hall–Kier alpha value is -0.600.